The Morgan fingerprint density at radius 2 is 1.50 bits per heavy atom. The third-order valence-electron chi connectivity index (χ3n) is 10.1. The molecule has 0 N–H and O–H groups in total. The molecule has 4 atom stereocenters. The van der Waals surface area contributed by atoms with Crippen LogP contribution in [0.25, 0.3) is 0 Å². The number of unbranched alkanes of at least 4 members (excludes halogenated alkanes) is 3. The molecule has 4 heteroatoms. The number of carbonyl (C=O) groups is 1. The molecule has 3 fully saturated rings. The highest BCUT2D eigenvalue weighted by Gasteiger charge is 2.39. The average molecular weight is 529 g/mol. The van der Waals surface area contributed by atoms with E-state index in [1.54, 1.807) is 0 Å². The molecule has 0 amide bonds. The first-order valence-corrected chi connectivity index (χ1v) is 15.8. The second kappa shape index (κ2) is 14.6. The van der Waals surface area contributed by atoms with Crippen molar-refractivity contribution in [2.24, 2.45) is 35.5 Å². The molecular formula is C34H50F2O2. The SMILES string of the molecule is C/C=C/CCc1c(F)cc(OC(=O)C2CCC(C3CCC4CC(CCCCCC)CCC4C3)CC2)cc1F. The number of ether oxygens (including phenoxy) is 1. The maximum atomic E-state index is 14.5. The molecule has 4 unspecified atom stereocenters. The van der Waals surface area contributed by atoms with Gasteiger partial charge in [-0.25, -0.2) is 8.78 Å². The Balaban J connectivity index is 1.20. The number of fused-ring (bicyclic) bond motifs is 1. The summed E-state index contributed by atoms with van der Waals surface area (Å²) in [5.41, 5.74) is 0.0542. The topological polar surface area (TPSA) is 26.3 Å². The summed E-state index contributed by atoms with van der Waals surface area (Å²) in [5.74, 6) is 2.61. The van der Waals surface area contributed by atoms with Gasteiger partial charge in [0.1, 0.15) is 17.4 Å². The van der Waals surface area contributed by atoms with Gasteiger partial charge in [0.25, 0.3) is 0 Å². The smallest absolute Gasteiger partial charge is 0.314 e. The van der Waals surface area contributed by atoms with Crippen LogP contribution in [-0.2, 0) is 11.2 Å². The van der Waals surface area contributed by atoms with Crippen molar-refractivity contribution in [2.45, 2.75) is 123 Å². The molecule has 212 valence electrons. The summed E-state index contributed by atoms with van der Waals surface area (Å²) in [7, 11) is 0. The van der Waals surface area contributed by atoms with Crippen LogP contribution >= 0.6 is 0 Å². The fourth-order valence-corrected chi connectivity index (χ4v) is 7.87. The molecule has 0 aliphatic heterocycles. The van der Waals surface area contributed by atoms with Crippen LogP contribution in [0.5, 0.6) is 5.75 Å². The summed E-state index contributed by atoms with van der Waals surface area (Å²) in [6.07, 6.45) is 24.0. The minimum absolute atomic E-state index is 0.0128. The molecule has 0 aromatic heterocycles. The van der Waals surface area contributed by atoms with E-state index >= 15 is 0 Å². The second-order valence-corrected chi connectivity index (χ2v) is 12.6. The normalized spacial score (nSPS) is 29.8. The summed E-state index contributed by atoms with van der Waals surface area (Å²) in [5, 5.41) is 0. The molecular weight excluding hydrogens is 478 g/mol. The molecule has 0 heterocycles. The Morgan fingerprint density at radius 1 is 0.868 bits per heavy atom. The number of rotatable bonds is 11. The average Bonchev–Trinajstić information content (AvgIpc) is 2.92. The summed E-state index contributed by atoms with van der Waals surface area (Å²) in [4.78, 5) is 12.8. The van der Waals surface area contributed by atoms with Gasteiger partial charge in [0.2, 0.25) is 0 Å². The van der Waals surface area contributed by atoms with Crippen molar-refractivity contribution in [3.8, 4) is 5.75 Å². The summed E-state index contributed by atoms with van der Waals surface area (Å²) >= 11 is 0. The van der Waals surface area contributed by atoms with E-state index in [2.05, 4.69) is 6.92 Å². The lowest BCUT2D eigenvalue weighted by Gasteiger charge is -2.45. The van der Waals surface area contributed by atoms with Gasteiger partial charge in [-0.1, -0.05) is 57.6 Å². The lowest BCUT2D eigenvalue weighted by molar-refractivity contribution is -0.140. The first-order valence-electron chi connectivity index (χ1n) is 15.8. The number of benzene rings is 1. The van der Waals surface area contributed by atoms with E-state index < -0.39 is 11.6 Å². The minimum Gasteiger partial charge on any atom is -0.426 e. The lowest BCUT2D eigenvalue weighted by Crippen LogP contribution is -2.35. The third-order valence-corrected chi connectivity index (χ3v) is 10.1. The maximum Gasteiger partial charge on any atom is 0.314 e. The van der Waals surface area contributed by atoms with Crippen LogP contribution in [0.4, 0.5) is 8.78 Å². The molecule has 0 saturated heterocycles. The molecule has 0 radical (unpaired) electrons. The summed E-state index contributed by atoms with van der Waals surface area (Å²) in [6, 6.07) is 2.33. The summed E-state index contributed by atoms with van der Waals surface area (Å²) < 4.78 is 34.4. The van der Waals surface area contributed by atoms with Gasteiger partial charge < -0.3 is 4.74 Å². The number of halogens is 2. The highest BCUT2D eigenvalue weighted by atomic mass is 19.1. The van der Waals surface area contributed by atoms with Gasteiger partial charge in [-0.05, 0) is 107 Å². The Morgan fingerprint density at radius 3 is 2.18 bits per heavy atom. The summed E-state index contributed by atoms with van der Waals surface area (Å²) in [6.45, 7) is 4.17. The largest absolute Gasteiger partial charge is 0.426 e. The van der Waals surface area contributed by atoms with Crippen molar-refractivity contribution in [2.75, 3.05) is 0 Å². The lowest BCUT2D eigenvalue weighted by atomic mass is 9.60. The van der Waals surface area contributed by atoms with Crippen LogP contribution in [0.1, 0.15) is 122 Å². The maximum absolute atomic E-state index is 14.5. The van der Waals surface area contributed by atoms with E-state index in [1.165, 1.54) is 70.6 Å². The quantitative estimate of drug-likeness (QED) is 0.124. The van der Waals surface area contributed by atoms with E-state index in [0.717, 1.165) is 67.4 Å². The number of hydrogen-bond donors (Lipinski definition) is 0. The number of hydrogen-bond acceptors (Lipinski definition) is 2. The van der Waals surface area contributed by atoms with Crippen LogP contribution in [-0.4, -0.2) is 5.97 Å². The van der Waals surface area contributed by atoms with Crippen molar-refractivity contribution in [3.05, 3.63) is 41.5 Å². The molecule has 0 spiro atoms. The highest BCUT2D eigenvalue weighted by Crippen LogP contribution is 2.49. The van der Waals surface area contributed by atoms with Crippen LogP contribution in [0.3, 0.4) is 0 Å². The Labute approximate surface area is 230 Å². The van der Waals surface area contributed by atoms with Crippen molar-refractivity contribution >= 4 is 5.97 Å². The van der Waals surface area contributed by atoms with Gasteiger partial charge in [0, 0.05) is 17.7 Å². The molecule has 4 rings (SSSR count). The van der Waals surface area contributed by atoms with Gasteiger partial charge in [-0.2, -0.15) is 0 Å². The molecule has 38 heavy (non-hydrogen) atoms. The van der Waals surface area contributed by atoms with Crippen molar-refractivity contribution in [1.29, 1.82) is 0 Å². The fourth-order valence-electron chi connectivity index (χ4n) is 7.87. The van der Waals surface area contributed by atoms with Gasteiger partial charge in [-0.15, -0.1) is 0 Å². The standard InChI is InChI=1S/C34H50F2O2/c1-3-5-7-9-10-24-12-13-29-21-28(19-18-27(29)20-24)25-14-16-26(17-15-25)34(37)38-30-22-32(35)31(33(36)23-30)11-8-6-4-2/h4,6,22-29H,3,5,7-21H2,1-2H3/b6-4+. The second-order valence-electron chi connectivity index (χ2n) is 12.6. The van der Waals surface area contributed by atoms with Crippen LogP contribution in [0, 0.1) is 47.1 Å². The molecule has 1 aromatic carbocycles. The Kier molecular flexibility index (Phi) is 11.3. The Bertz CT molecular complexity index is 894. The Hall–Kier alpha value is -1.71. The highest BCUT2D eigenvalue weighted by molar-refractivity contribution is 5.75. The van der Waals surface area contributed by atoms with Crippen LogP contribution in [0.2, 0.25) is 0 Å². The van der Waals surface area contributed by atoms with Crippen LogP contribution in [0.15, 0.2) is 24.3 Å². The predicted octanol–water partition coefficient (Wildman–Crippen LogP) is 9.99. The van der Waals surface area contributed by atoms with E-state index in [1.807, 2.05) is 19.1 Å². The molecule has 0 bridgehead atoms. The molecule has 2 nitrogen and oxygen atoms in total. The van der Waals surface area contributed by atoms with Gasteiger partial charge in [0.15, 0.2) is 0 Å². The number of allylic oxidation sites excluding steroid dienone is 2. The van der Waals surface area contributed by atoms with Crippen molar-refractivity contribution < 1.29 is 18.3 Å². The van der Waals surface area contributed by atoms with E-state index in [4.69, 9.17) is 4.74 Å². The first kappa shape index (κ1) is 29.3. The fraction of sp³-hybridized carbons (Fsp3) is 0.735. The molecule has 3 aliphatic carbocycles. The third kappa shape index (κ3) is 7.92. The number of esters is 1. The predicted molar refractivity (Wildman–Crippen MR) is 151 cm³/mol. The van der Waals surface area contributed by atoms with Crippen molar-refractivity contribution in [1.82, 2.24) is 0 Å². The number of carbonyl (C=O) groups excluding carboxylic acids is 1. The molecule has 3 aliphatic rings. The first-order chi connectivity index (χ1) is 18.5. The zero-order chi connectivity index (χ0) is 26.9. The zero-order valence-electron chi connectivity index (χ0n) is 23.9. The van der Waals surface area contributed by atoms with E-state index in [9.17, 15) is 13.6 Å². The van der Waals surface area contributed by atoms with Gasteiger partial charge in [-0.3, -0.25) is 4.79 Å². The monoisotopic (exact) mass is 528 g/mol. The minimum atomic E-state index is -0.637. The zero-order valence-corrected chi connectivity index (χ0v) is 23.9. The van der Waals surface area contributed by atoms with Crippen molar-refractivity contribution in [3.63, 3.8) is 0 Å². The van der Waals surface area contributed by atoms with Gasteiger partial charge in [0.05, 0.1) is 5.92 Å². The van der Waals surface area contributed by atoms with E-state index in [-0.39, 0.29) is 23.2 Å². The van der Waals surface area contributed by atoms with E-state index in [0.29, 0.717) is 12.8 Å². The van der Waals surface area contributed by atoms with Crippen LogP contribution < -0.4 is 4.74 Å². The molecule has 1 aromatic rings. The van der Waals surface area contributed by atoms with Gasteiger partial charge >= 0.3 is 5.97 Å². The molecule has 3 saturated carbocycles.